The summed E-state index contributed by atoms with van der Waals surface area (Å²) in [6, 6.07) is 7.47. The Morgan fingerprint density at radius 2 is 1.95 bits per heavy atom. The van der Waals surface area contributed by atoms with Gasteiger partial charge in [0.2, 0.25) is 10.0 Å². The van der Waals surface area contributed by atoms with Crippen LogP contribution in [-0.4, -0.2) is 38.4 Å². The van der Waals surface area contributed by atoms with Gasteiger partial charge in [-0.25, -0.2) is 8.42 Å². The van der Waals surface area contributed by atoms with Gasteiger partial charge < -0.3 is 5.32 Å². The van der Waals surface area contributed by atoms with E-state index in [4.69, 9.17) is 0 Å². The average molecular weight is 280 g/mol. The van der Waals surface area contributed by atoms with Crippen molar-refractivity contribution < 1.29 is 8.42 Å². The lowest BCUT2D eigenvalue weighted by molar-refractivity contribution is 0.339. The number of rotatable bonds is 2. The second-order valence-corrected chi connectivity index (χ2v) is 7.54. The third-order valence-corrected chi connectivity index (χ3v) is 6.07. The van der Waals surface area contributed by atoms with Crippen molar-refractivity contribution in [2.45, 2.75) is 30.7 Å². The molecule has 1 unspecified atom stereocenters. The van der Waals surface area contributed by atoms with Gasteiger partial charge in [0.1, 0.15) is 0 Å². The molecule has 0 saturated carbocycles. The van der Waals surface area contributed by atoms with E-state index in [-0.39, 0.29) is 0 Å². The highest BCUT2D eigenvalue weighted by molar-refractivity contribution is 7.89. The van der Waals surface area contributed by atoms with Gasteiger partial charge in [0.05, 0.1) is 4.90 Å². The van der Waals surface area contributed by atoms with Crippen LogP contribution in [0.4, 0.5) is 0 Å². The van der Waals surface area contributed by atoms with Crippen LogP contribution in [0.15, 0.2) is 29.2 Å². The number of nitrogens with zero attached hydrogens (tertiary/aromatic N) is 1. The molecular weight excluding hydrogens is 260 g/mol. The second-order valence-electron chi connectivity index (χ2n) is 5.60. The highest BCUT2D eigenvalue weighted by Crippen LogP contribution is 2.29. The Kier molecular flexibility index (Phi) is 3.37. The fraction of sp³-hybridized carbons (Fsp3) is 0.571. The van der Waals surface area contributed by atoms with Crippen molar-refractivity contribution >= 4 is 10.0 Å². The molecule has 1 aromatic rings. The monoisotopic (exact) mass is 280 g/mol. The van der Waals surface area contributed by atoms with Crippen LogP contribution in [0, 0.1) is 12.8 Å². The Morgan fingerprint density at radius 1 is 1.21 bits per heavy atom. The maximum absolute atomic E-state index is 12.6. The molecule has 5 heteroatoms. The molecule has 0 amide bonds. The number of piperidine rings is 1. The van der Waals surface area contributed by atoms with Crippen molar-refractivity contribution in [2.24, 2.45) is 5.92 Å². The number of nitrogens with one attached hydrogen (secondary N) is 1. The van der Waals surface area contributed by atoms with E-state index in [9.17, 15) is 8.42 Å². The smallest absolute Gasteiger partial charge is 0.243 e. The Morgan fingerprint density at radius 3 is 2.63 bits per heavy atom. The summed E-state index contributed by atoms with van der Waals surface area (Å²) in [6.07, 6.45) is 2.29. The van der Waals surface area contributed by atoms with Crippen LogP contribution >= 0.6 is 0 Å². The number of hydrogen-bond acceptors (Lipinski definition) is 3. The molecule has 2 heterocycles. The standard InChI is InChI=1S/C14H20N2O2S/c1-11-4-6-13(7-5-11)19(17,18)16-9-12-3-2-8-15-14(12)10-16/h4-7,12,14-15H,2-3,8-10H2,1H3/t12?,14-/m1/s1. The Labute approximate surface area is 114 Å². The summed E-state index contributed by atoms with van der Waals surface area (Å²) in [6.45, 7) is 4.25. The summed E-state index contributed by atoms with van der Waals surface area (Å²) < 4.78 is 26.8. The minimum Gasteiger partial charge on any atom is -0.312 e. The summed E-state index contributed by atoms with van der Waals surface area (Å²) in [5.41, 5.74) is 1.08. The number of hydrogen-bond donors (Lipinski definition) is 1. The van der Waals surface area contributed by atoms with Gasteiger partial charge in [0.25, 0.3) is 0 Å². The Balaban J connectivity index is 1.83. The van der Waals surface area contributed by atoms with Crippen LogP contribution in [0.25, 0.3) is 0 Å². The van der Waals surface area contributed by atoms with E-state index in [2.05, 4.69) is 5.32 Å². The van der Waals surface area contributed by atoms with Crippen molar-refractivity contribution in [2.75, 3.05) is 19.6 Å². The molecule has 0 bridgehead atoms. The molecular formula is C14H20N2O2S. The Hall–Kier alpha value is -0.910. The number of aryl methyl sites for hydroxylation is 1. The van der Waals surface area contributed by atoms with E-state index in [1.807, 2.05) is 19.1 Å². The minimum atomic E-state index is -3.32. The molecule has 3 rings (SSSR count). The topological polar surface area (TPSA) is 49.4 Å². The van der Waals surface area contributed by atoms with E-state index in [1.165, 1.54) is 0 Å². The zero-order valence-corrected chi connectivity index (χ0v) is 12.0. The lowest BCUT2D eigenvalue weighted by Gasteiger charge is -2.24. The van der Waals surface area contributed by atoms with Gasteiger partial charge in [-0.3, -0.25) is 0 Å². The first kappa shape index (κ1) is 13.1. The van der Waals surface area contributed by atoms with Crippen molar-refractivity contribution in [3.63, 3.8) is 0 Å². The van der Waals surface area contributed by atoms with Gasteiger partial charge in [-0.15, -0.1) is 0 Å². The predicted molar refractivity (Wildman–Crippen MR) is 74.5 cm³/mol. The number of benzene rings is 1. The quantitative estimate of drug-likeness (QED) is 0.890. The third kappa shape index (κ3) is 2.42. The van der Waals surface area contributed by atoms with Gasteiger partial charge in [0, 0.05) is 19.1 Å². The molecule has 1 aromatic carbocycles. The van der Waals surface area contributed by atoms with Crippen LogP contribution in [0.2, 0.25) is 0 Å². The fourth-order valence-corrected chi connectivity index (χ4v) is 4.59. The van der Waals surface area contributed by atoms with E-state index in [0.29, 0.717) is 29.9 Å². The lowest BCUT2D eigenvalue weighted by atomic mass is 9.94. The predicted octanol–water partition coefficient (Wildman–Crippen LogP) is 1.37. The molecule has 2 aliphatic rings. The molecule has 0 aromatic heterocycles. The number of fused-ring (bicyclic) bond motifs is 1. The molecule has 4 nitrogen and oxygen atoms in total. The average Bonchev–Trinajstić information content (AvgIpc) is 2.83. The van der Waals surface area contributed by atoms with Gasteiger partial charge in [-0.1, -0.05) is 17.7 Å². The van der Waals surface area contributed by atoms with Gasteiger partial charge in [-0.2, -0.15) is 4.31 Å². The van der Waals surface area contributed by atoms with Gasteiger partial charge >= 0.3 is 0 Å². The first-order valence-corrected chi connectivity index (χ1v) is 8.31. The van der Waals surface area contributed by atoms with Crippen molar-refractivity contribution in [1.82, 2.24) is 9.62 Å². The molecule has 1 N–H and O–H groups in total. The molecule has 2 atom stereocenters. The van der Waals surface area contributed by atoms with Crippen molar-refractivity contribution in [3.05, 3.63) is 29.8 Å². The van der Waals surface area contributed by atoms with Crippen LogP contribution < -0.4 is 5.32 Å². The molecule has 0 radical (unpaired) electrons. The van der Waals surface area contributed by atoms with E-state index >= 15 is 0 Å². The van der Waals surface area contributed by atoms with Gasteiger partial charge in [-0.05, 0) is 44.4 Å². The normalized spacial score (nSPS) is 28.3. The lowest BCUT2D eigenvalue weighted by Crippen LogP contribution is -2.41. The molecule has 0 spiro atoms. The van der Waals surface area contributed by atoms with E-state index in [1.54, 1.807) is 16.4 Å². The summed E-state index contributed by atoms with van der Waals surface area (Å²) in [7, 11) is -3.32. The van der Waals surface area contributed by atoms with E-state index in [0.717, 1.165) is 24.9 Å². The zero-order valence-electron chi connectivity index (χ0n) is 11.2. The molecule has 2 aliphatic heterocycles. The highest BCUT2D eigenvalue weighted by atomic mass is 32.2. The molecule has 2 fully saturated rings. The summed E-state index contributed by atoms with van der Waals surface area (Å²) in [5.74, 6) is 0.481. The first-order chi connectivity index (χ1) is 9.07. The van der Waals surface area contributed by atoms with Crippen molar-refractivity contribution in [3.8, 4) is 0 Å². The van der Waals surface area contributed by atoms with Crippen LogP contribution in [-0.2, 0) is 10.0 Å². The van der Waals surface area contributed by atoms with Gasteiger partial charge in [0.15, 0.2) is 0 Å². The minimum absolute atomic E-state index is 0.342. The molecule has 19 heavy (non-hydrogen) atoms. The molecule has 2 saturated heterocycles. The Bertz CT molecular complexity index is 539. The summed E-state index contributed by atoms with van der Waals surface area (Å²) in [4.78, 5) is 0.414. The van der Waals surface area contributed by atoms with E-state index < -0.39 is 10.0 Å². The first-order valence-electron chi connectivity index (χ1n) is 6.87. The SMILES string of the molecule is Cc1ccc(S(=O)(=O)N2CC3CCCN[C@@H]3C2)cc1. The maximum Gasteiger partial charge on any atom is 0.243 e. The molecule has 104 valence electrons. The maximum atomic E-state index is 12.6. The molecule has 0 aliphatic carbocycles. The fourth-order valence-electron chi connectivity index (χ4n) is 3.06. The zero-order chi connectivity index (χ0) is 13.5. The third-order valence-electron chi connectivity index (χ3n) is 4.22. The largest absolute Gasteiger partial charge is 0.312 e. The summed E-state index contributed by atoms with van der Waals surface area (Å²) >= 11 is 0. The number of sulfonamides is 1. The summed E-state index contributed by atoms with van der Waals surface area (Å²) in [5, 5.41) is 3.44. The van der Waals surface area contributed by atoms with Crippen LogP contribution in [0.1, 0.15) is 18.4 Å². The highest BCUT2D eigenvalue weighted by Gasteiger charge is 2.39. The van der Waals surface area contributed by atoms with Crippen LogP contribution in [0.3, 0.4) is 0 Å². The van der Waals surface area contributed by atoms with Crippen molar-refractivity contribution in [1.29, 1.82) is 0 Å². The second kappa shape index (κ2) is 4.89. The van der Waals surface area contributed by atoms with Crippen LogP contribution in [0.5, 0.6) is 0 Å².